The van der Waals surface area contributed by atoms with Gasteiger partial charge in [-0.25, -0.2) is 4.79 Å². The molecule has 3 nitrogen and oxygen atoms in total. The van der Waals surface area contributed by atoms with Gasteiger partial charge in [-0.1, -0.05) is 50.1 Å². The molecule has 0 unspecified atom stereocenters. The highest BCUT2D eigenvalue weighted by molar-refractivity contribution is 6.07. The van der Waals surface area contributed by atoms with Gasteiger partial charge in [0.15, 0.2) is 0 Å². The molecule has 0 amide bonds. The molecule has 0 saturated heterocycles. The average Bonchev–Trinajstić information content (AvgIpc) is 2.60. The first-order chi connectivity index (χ1) is 11.7. The zero-order valence-electron chi connectivity index (χ0n) is 14.0. The monoisotopic (exact) mass is 321 g/mol. The summed E-state index contributed by atoms with van der Waals surface area (Å²) in [5.74, 6) is 0.696. The van der Waals surface area contributed by atoms with Crippen LogP contribution in [0.25, 0.3) is 21.7 Å². The highest BCUT2D eigenvalue weighted by Crippen LogP contribution is 2.28. The molecule has 0 spiro atoms. The smallest absolute Gasteiger partial charge is 0.336 e. The molecule has 1 fully saturated rings. The summed E-state index contributed by atoms with van der Waals surface area (Å²) in [6.45, 7) is 3.04. The normalized spacial score (nSPS) is 21.4. The lowest BCUT2D eigenvalue weighted by Crippen LogP contribution is -2.36. The van der Waals surface area contributed by atoms with Crippen molar-refractivity contribution in [2.24, 2.45) is 5.92 Å². The summed E-state index contributed by atoms with van der Waals surface area (Å²) in [6.07, 6.45) is 5.14. The zero-order valence-corrected chi connectivity index (χ0v) is 14.0. The van der Waals surface area contributed by atoms with Crippen molar-refractivity contribution in [1.29, 1.82) is 0 Å². The first-order valence-electron chi connectivity index (χ1n) is 8.90. The molecular weight excluding hydrogens is 298 g/mol. The molecule has 0 bridgehead atoms. The molecular formula is C21H23NO2. The molecule has 2 aromatic carbocycles. The van der Waals surface area contributed by atoms with Crippen LogP contribution in [-0.2, 0) is 6.54 Å². The van der Waals surface area contributed by atoms with Crippen LogP contribution in [0.4, 0.5) is 0 Å². The molecule has 1 aliphatic rings. The molecule has 1 aliphatic carbocycles. The fourth-order valence-electron chi connectivity index (χ4n) is 4.02. The first kappa shape index (κ1) is 15.4. The van der Waals surface area contributed by atoms with Gasteiger partial charge < -0.3 is 9.73 Å². The minimum Gasteiger partial charge on any atom is -0.423 e. The van der Waals surface area contributed by atoms with Gasteiger partial charge in [0.1, 0.15) is 5.58 Å². The Morgan fingerprint density at radius 2 is 1.96 bits per heavy atom. The molecule has 0 aliphatic heterocycles. The van der Waals surface area contributed by atoms with Crippen LogP contribution in [0.5, 0.6) is 0 Å². The van der Waals surface area contributed by atoms with E-state index in [1.54, 1.807) is 6.07 Å². The Balaban J connectivity index is 1.76. The third-order valence-corrected chi connectivity index (χ3v) is 5.38. The van der Waals surface area contributed by atoms with Gasteiger partial charge in [-0.05, 0) is 41.2 Å². The Kier molecular flexibility index (Phi) is 4.11. The van der Waals surface area contributed by atoms with Crippen LogP contribution in [0, 0.1) is 5.92 Å². The van der Waals surface area contributed by atoms with Crippen molar-refractivity contribution >= 4 is 21.7 Å². The Bertz CT molecular complexity index is 928. The summed E-state index contributed by atoms with van der Waals surface area (Å²) in [5, 5.41) is 7.07. The minimum absolute atomic E-state index is 0.272. The lowest BCUT2D eigenvalue weighted by atomic mass is 9.86. The predicted molar refractivity (Wildman–Crippen MR) is 98.2 cm³/mol. The fourth-order valence-corrected chi connectivity index (χ4v) is 4.02. The van der Waals surface area contributed by atoms with Crippen molar-refractivity contribution in [3.8, 4) is 0 Å². The van der Waals surface area contributed by atoms with E-state index in [2.05, 4.69) is 24.4 Å². The van der Waals surface area contributed by atoms with E-state index in [0.717, 1.165) is 16.3 Å². The number of hydrogen-bond donors (Lipinski definition) is 1. The predicted octanol–water partition coefficient (Wildman–Crippen LogP) is 4.61. The molecule has 3 heteroatoms. The molecule has 0 radical (unpaired) electrons. The van der Waals surface area contributed by atoms with Crippen molar-refractivity contribution in [3.63, 3.8) is 0 Å². The summed E-state index contributed by atoms with van der Waals surface area (Å²) < 4.78 is 5.44. The SMILES string of the molecule is C[C@H]1CCCC[C@H]1NCc1cc(=O)oc2ccc3ccccc3c12. The van der Waals surface area contributed by atoms with Crippen LogP contribution in [0.3, 0.4) is 0 Å². The molecule has 4 rings (SSSR count). The Labute approximate surface area is 141 Å². The Morgan fingerprint density at radius 3 is 2.83 bits per heavy atom. The molecule has 24 heavy (non-hydrogen) atoms. The maximum Gasteiger partial charge on any atom is 0.336 e. The van der Waals surface area contributed by atoms with Gasteiger partial charge in [0.25, 0.3) is 0 Å². The Morgan fingerprint density at radius 1 is 1.12 bits per heavy atom. The second kappa shape index (κ2) is 6.40. The van der Waals surface area contributed by atoms with Crippen molar-refractivity contribution in [2.45, 2.75) is 45.2 Å². The van der Waals surface area contributed by atoms with E-state index in [-0.39, 0.29) is 5.63 Å². The average molecular weight is 321 g/mol. The van der Waals surface area contributed by atoms with E-state index in [1.807, 2.05) is 24.3 Å². The van der Waals surface area contributed by atoms with Crippen molar-refractivity contribution in [2.75, 3.05) is 0 Å². The lowest BCUT2D eigenvalue weighted by Gasteiger charge is -2.29. The van der Waals surface area contributed by atoms with Gasteiger partial charge in [-0.3, -0.25) is 0 Å². The second-order valence-corrected chi connectivity index (χ2v) is 7.00. The zero-order chi connectivity index (χ0) is 16.5. The van der Waals surface area contributed by atoms with Crippen molar-refractivity contribution in [3.05, 3.63) is 58.4 Å². The highest BCUT2D eigenvalue weighted by Gasteiger charge is 2.21. The van der Waals surface area contributed by atoms with Gasteiger partial charge in [0.05, 0.1) is 0 Å². The van der Waals surface area contributed by atoms with Crippen LogP contribution < -0.4 is 10.9 Å². The quantitative estimate of drug-likeness (QED) is 0.565. The third kappa shape index (κ3) is 2.84. The second-order valence-electron chi connectivity index (χ2n) is 7.00. The van der Waals surface area contributed by atoms with Crippen LogP contribution in [0.1, 0.15) is 38.2 Å². The van der Waals surface area contributed by atoms with E-state index in [1.165, 1.54) is 31.1 Å². The highest BCUT2D eigenvalue weighted by atomic mass is 16.4. The first-order valence-corrected chi connectivity index (χ1v) is 8.90. The van der Waals surface area contributed by atoms with Crippen LogP contribution in [0.2, 0.25) is 0 Å². The van der Waals surface area contributed by atoms with E-state index >= 15 is 0 Å². The molecule has 1 heterocycles. The number of nitrogens with one attached hydrogen (secondary N) is 1. The van der Waals surface area contributed by atoms with Crippen LogP contribution in [-0.4, -0.2) is 6.04 Å². The van der Waals surface area contributed by atoms with Gasteiger partial charge >= 0.3 is 5.63 Å². The standard InChI is InChI=1S/C21H23NO2/c1-14-6-2-5-9-18(14)22-13-16-12-20(23)24-19-11-10-15-7-3-4-8-17(15)21(16)19/h3-4,7-8,10-12,14,18,22H,2,5-6,9,13H2,1H3/t14-,18+/m0/s1. The van der Waals surface area contributed by atoms with Gasteiger partial charge in [0, 0.05) is 24.0 Å². The number of fused-ring (bicyclic) bond motifs is 3. The van der Waals surface area contributed by atoms with E-state index in [4.69, 9.17) is 4.42 Å². The van der Waals surface area contributed by atoms with Gasteiger partial charge in [-0.2, -0.15) is 0 Å². The fraction of sp³-hybridized carbons (Fsp3) is 0.381. The van der Waals surface area contributed by atoms with E-state index in [0.29, 0.717) is 24.1 Å². The van der Waals surface area contributed by atoms with E-state index < -0.39 is 0 Å². The molecule has 3 aromatic rings. The maximum atomic E-state index is 12.0. The van der Waals surface area contributed by atoms with Crippen LogP contribution >= 0.6 is 0 Å². The molecule has 124 valence electrons. The molecule has 2 atom stereocenters. The maximum absolute atomic E-state index is 12.0. The molecule has 1 saturated carbocycles. The largest absolute Gasteiger partial charge is 0.423 e. The molecule has 1 aromatic heterocycles. The number of rotatable bonds is 3. The van der Waals surface area contributed by atoms with Crippen molar-refractivity contribution in [1.82, 2.24) is 5.32 Å². The molecule has 1 N–H and O–H groups in total. The number of benzene rings is 2. The Hall–Kier alpha value is -2.13. The minimum atomic E-state index is -0.272. The van der Waals surface area contributed by atoms with E-state index in [9.17, 15) is 4.79 Å². The van der Waals surface area contributed by atoms with Gasteiger partial charge in [0.2, 0.25) is 0 Å². The summed E-state index contributed by atoms with van der Waals surface area (Å²) in [6, 6.07) is 14.4. The van der Waals surface area contributed by atoms with Gasteiger partial charge in [-0.15, -0.1) is 0 Å². The summed E-state index contributed by atoms with van der Waals surface area (Å²) in [4.78, 5) is 12.0. The van der Waals surface area contributed by atoms with Crippen molar-refractivity contribution < 1.29 is 4.42 Å². The lowest BCUT2D eigenvalue weighted by molar-refractivity contribution is 0.279. The topological polar surface area (TPSA) is 42.2 Å². The van der Waals surface area contributed by atoms with Crippen LogP contribution in [0.15, 0.2) is 51.7 Å². The third-order valence-electron chi connectivity index (χ3n) is 5.38. The summed E-state index contributed by atoms with van der Waals surface area (Å²) >= 11 is 0. The summed E-state index contributed by atoms with van der Waals surface area (Å²) in [5.41, 5.74) is 1.44. The number of hydrogen-bond acceptors (Lipinski definition) is 3. The summed E-state index contributed by atoms with van der Waals surface area (Å²) in [7, 11) is 0.